The monoisotopic (exact) mass is 221 g/mol. The van der Waals surface area contributed by atoms with Gasteiger partial charge in [-0.3, -0.25) is 4.68 Å². The Morgan fingerprint density at radius 1 is 1.60 bits per heavy atom. The average Bonchev–Trinajstić information content (AvgIpc) is 2.42. The molecule has 1 aromatic heterocycles. The normalized spacial score (nSPS) is 11.7. The fourth-order valence-electron chi connectivity index (χ4n) is 1.07. The van der Waals surface area contributed by atoms with Gasteiger partial charge < -0.3 is 9.90 Å². The van der Waals surface area contributed by atoms with Gasteiger partial charge in [-0.25, -0.2) is 0 Å². The topological polar surface area (TPSA) is 58.0 Å². The van der Waals surface area contributed by atoms with Crippen LogP contribution in [0.1, 0.15) is 17.8 Å². The Morgan fingerprint density at radius 2 is 2.20 bits per heavy atom. The SMILES string of the molecule is Cc1cc(C(F)(F)F)nn1CCC(=O)[O-]. The Kier molecular flexibility index (Phi) is 3.01. The number of nitrogens with zero attached hydrogens (tertiary/aromatic N) is 2. The highest BCUT2D eigenvalue weighted by Crippen LogP contribution is 2.28. The molecular formula is C8H8F3N2O2-. The fraction of sp³-hybridized carbons (Fsp3) is 0.500. The van der Waals surface area contributed by atoms with Crippen molar-refractivity contribution in [1.29, 1.82) is 0 Å². The van der Waals surface area contributed by atoms with Gasteiger partial charge in [0, 0.05) is 24.6 Å². The van der Waals surface area contributed by atoms with E-state index in [9.17, 15) is 23.1 Å². The summed E-state index contributed by atoms with van der Waals surface area (Å²) in [5.74, 6) is -1.32. The molecule has 0 bridgehead atoms. The van der Waals surface area contributed by atoms with Crippen LogP contribution in [0, 0.1) is 6.92 Å². The number of carboxylic acid groups (broad SMARTS) is 1. The highest BCUT2D eigenvalue weighted by atomic mass is 19.4. The molecule has 0 atom stereocenters. The minimum absolute atomic E-state index is 0.121. The molecule has 0 unspecified atom stereocenters. The first-order valence-corrected chi connectivity index (χ1v) is 4.12. The number of rotatable bonds is 3. The lowest BCUT2D eigenvalue weighted by Crippen LogP contribution is -2.24. The summed E-state index contributed by atoms with van der Waals surface area (Å²) in [6.07, 6.45) is -4.86. The van der Waals surface area contributed by atoms with E-state index in [0.717, 1.165) is 10.7 Å². The van der Waals surface area contributed by atoms with Crippen LogP contribution >= 0.6 is 0 Å². The maximum atomic E-state index is 12.2. The largest absolute Gasteiger partial charge is 0.550 e. The van der Waals surface area contributed by atoms with Gasteiger partial charge in [0.25, 0.3) is 0 Å². The molecule has 0 aliphatic heterocycles. The molecule has 0 saturated heterocycles. The molecule has 7 heteroatoms. The van der Waals surface area contributed by atoms with Crippen LogP contribution in [0.4, 0.5) is 13.2 Å². The second-order valence-electron chi connectivity index (χ2n) is 3.01. The Labute approximate surface area is 83.3 Å². The van der Waals surface area contributed by atoms with Crippen LogP contribution in [0.5, 0.6) is 0 Å². The number of carbonyl (C=O) groups excluding carboxylic acids is 1. The summed E-state index contributed by atoms with van der Waals surface area (Å²) in [6.45, 7) is 1.31. The number of carboxylic acids is 1. The predicted octanol–water partition coefficient (Wildman–Crippen LogP) is 0.350. The number of aryl methyl sites for hydroxylation is 2. The maximum Gasteiger partial charge on any atom is 0.435 e. The number of carbonyl (C=O) groups is 1. The van der Waals surface area contributed by atoms with Crippen LogP contribution in [0.3, 0.4) is 0 Å². The molecule has 0 aromatic carbocycles. The van der Waals surface area contributed by atoms with Crippen molar-refractivity contribution in [2.24, 2.45) is 0 Å². The van der Waals surface area contributed by atoms with E-state index >= 15 is 0 Å². The molecule has 15 heavy (non-hydrogen) atoms. The zero-order valence-electron chi connectivity index (χ0n) is 7.84. The lowest BCUT2D eigenvalue weighted by molar-refractivity contribution is -0.306. The van der Waals surface area contributed by atoms with Gasteiger partial charge in [0.05, 0.1) is 0 Å². The predicted molar refractivity (Wildman–Crippen MR) is 41.6 cm³/mol. The van der Waals surface area contributed by atoms with Crippen molar-refractivity contribution >= 4 is 5.97 Å². The molecule has 1 heterocycles. The summed E-state index contributed by atoms with van der Waals surface area (Å²) in [5.41, 5.74) is -0.748. The first kappa shape index (κ1) is 11.5. The standard InChI is InChI=1S/C8H9F3N2O2/c1-5-4-6(8(9,10)11)12-13(5)3-2-7(14)15/h4H,2-3H2,1H3,(H,14,15)/p-1. The Hall–Kier alpha value is -1.53. The van der Waals surface area contributed by atoms with E-state index in [1.54, 1.807) is 0 Å². The molecule has 0 N–H and O–H groups in total. The molecule has 0 fully saturated rings. The first-order chi connectivity index (χ1) is 6.80. The molecule has 0 amide bonds. The minimum atomic E-state index is -4.50. The summed E-state index contributed by atoms with van der Waals surface area (Å²) >= 11 is 0. The second-order valence-corrected chi connectivity index (χ2v) is 3.01. The number of halogens is 3. The van der Waals surface area contributed by atoms with Crippen molar-refractivity contribution in [2.45, 2.75) is 26.1 Å². The first-order valence-electron chi connectivity index (χ1n) is 4.12. The highest BCUT2D eigenvalue weighted by Gasteiger charge is 2.34. The zero-order chi connectivity index (χ0) is 11.6. The van der Waals surface area contributed by atoms with Crippen LogP contribution in [-0.4, -0.2) is 15.7 Å². The van der Waals surface area contributed by atoms with Crippen LogP contribution in [0.25, 0.3) is 0 Å². The van der Waals surface area contributed by atoms with Gasteiger partial charge in [0.15, 0.2) is 5.69 Å². The quantitative estimate of drug-likeness (QED) is 0.740. The van der Waals surface area contributed by atoms with E-state index in [4.69, 9.17) is 0 Å². The van der Waals surface area contributed by atoms with Gasteiger partial charge >= 0.3 is 6.18 Å². The molecule has 4 nitrogen and oxygen atoms in total. The van der Waals surface area contributed by atoms with Gasteiger partial charge in [0.1, 0.15) is 0 Å². The minimum Gasteiger partial charge on any atom is -0.550 e. The molecule has 0 spiro atoms. The van der Waals surface area contributed by atoms with Crippen LogP contribution < -0.4 is 5.11 Å². The van der Waals surface area contributed by atoms with Crippen molar-refractivity contribution in [3.8, 4) is 0 Å². The third-order valence-electron chi connectivity index (χ3n) is 1.80. The Bertz CT molecular complexity index is 370. The summed E-state index contributed by atoms with van der Waals surface area (Å²) in [7, 11) is 0. The molecular weight excluding hydrogens is 213 g/mol. The van der Waals surface area contributed by atoms with Crippen molar-refractivity contribution in [3.63, 3.8) is 0 Å². The van der Waals surface area contributed by atoms with E-state index in [2.05, 4.69) is 5.10 Å². The summed E-state index contributed by atoms with van der Waals surface area (Å²) in [6, 6.07) is 0.870. The third-order valence-corrected chi connectivity index (χ3v) is 1.80. The molecule has 0 radical (unpaired) electrons. The Morgan fingerprint density at radius 3 is 2.60 bits per heavy atom. The summed E-state index contributed by atoms with van der Waals surface area (Å²) in [4.78, 5) is 10.1. The summed E-state index contributed by atoms with van der Waals surface area (Å²) < 4.78 is 37.5. The van der Waals surface area contributed by atoms with Crippen molar-refractivity contribution in [3.05, 3.63) is 17.5 Å². The molecule has 0 aliphatic carbocycles. The van der Waals surface area contributed by atoms with E-state index in [-0.39, 0.29) is 18.7 Å². The van der Waals surface area contributed by atoms with Crippen LogP contribution in [0.2, 0.25) is 0 Å². The van der Waals surface area contributed by atoms with E-state index in [1.807, 2.05) is 0 Å². The lowest BCUT2D eigenvalue weighted by atomic mass is 10.3. The fourth-order valence-corrected chi connectivity index (χ4v) is 1.07. The summed E-state index contributed by atoms with van der Waals surface area (Å²) in [5, 5.41) is 13.4. The molecule has 0 saturated carbocycles. The van der Waals surface area contributed by atoms with Crippen LogP contribution in [0.15, 0.2) is 6.07 Å². The zero-order valence-corrected chi connectivity index (χ0v) is 7.84. The van der Waals surface area contributed by atoms with Gasteiger partial charge in [-0.05, 0) is 13.0 Å². The lowest BCUT2D eigenvalue weighted by Gasteiger charge is -2.04. The van der Waals surface area contributed by atoms with E-state index < -0.39 is 17.8 Å². The molecule has 0 aliphatic rings. The Balaban J connectivity index is 2.82. The van der Waals surface area contributed by atoms with E-state index in [0.29, 0.717) is 0 Å². The van der Waals surface area contributed by atoms with Crippen molar-refractivity contribution in [2.75, 3.05) is 0 Å². The van der Waals surface area contributed by atoms with Gasteiger partial charge in [-0.1, -0.05) is 0 Å². The van der Waals surface area contributed by atoms with Gasteiger partial charge in [-0.2, -0.15) is 18.3 Å². The number of hydrogen-bond donors (Lipinski definition) is 0. The van der Waals surface area contributed by atoms with E-state index in [1.165, 1.54) is 6.92 Å². The smallest absolute Gasteiger partial charge is 0.435 e. The molecule has 1 aromatic rings. The van der Waals surface area contributed by atoms with Gasteiger partial charge in [-0.15, -0.1) is 0 Å². The second kappa shape index (κ2) is 3.92. The average molecular weight is 221 g/mol. The number of hydrogen-bond acceptors (Lipinski definition) is 3. The molecule has 84 valence electrons. The highest BCUT2D eigenvalue weighted by molar-refractivity contribution is 5.64. The third kappa shape index (κ3) is 2.97. The maximum absolute atomic E-state index is 12.2. The van der Waals surface area contributed by atoms with Crippen molar-refractivity contribution < 1.29 is 23.1 Å². The molecule has 1 rings (SSSR count). The number of alkyl halides is 3. The number of aliphatic carboxylic acids is 1. The van der Waals surface area contributed by atoms with Crippen molar-refractivity contribution in [1.82, 2.24) is 9.78 Å². The number of aromatic nitrogens is 2. The van der Waals surface area contributed by atoms with Crippen LogP contribution in [-0.2, 0) is 17.5 Å². The van der Waals surface area contributed by atoms with Gasteiger partial charge in [0.2, 0.25) is 0 Å².